The molecule has 0 radical (unpaired) electrons. The molecule has 7 nitrogen and oxygen atoms in total. The van der Waals surface area contributed by atoms with E-state index >= 15 is 0 Å². The summed E-state index contributed by atoms with van der Waals surface area (Å²) in [6.45, 7) is 5.35. The van der Waals surface area contributed by atoms with Gasteiger partial charge in [0.05, 0.1) is 5.69 Å². The van der Waals surface area contributed by atoms with Crippen LogP contribution in [0.3, 0.4) is 0 Å². The Kier molecular flexibility index (Phi) is 7.67. The number of hydrogen-bond acceptors (Lipinski definition) is 3. The predicted molar refractivity (Wildman–Crippen MR) is 110 cm³/mol. The molecule has 0 atom stereocenters. The van der Waals surface area contributed by atoms with Gasteiger partial charge in [0.25, 0.3) is 0 Å². The Hall–Kier alpha value is -2.54. The van der Waals surface area contributed by atoms with Crippen molar-refractivity contribution in [3.63, 3.8) is 0 Å². The molecule has 0 fully saturated rings. The largest absolute Gasteiger partial charge is 0.356 e. The monoisotopic (exact) mass is 390 g/mol. The zero-order valence-corrected chi connectivity index (χ0v) is 17.0. The first-order valence-electron chi connectivity index (χ1n) is 8.89. The van der Waals surface area contributed by atoms with Crippen LogP contribution in [0.4, 0.5) is 5.69 Å². The quantitative estimate of drug-likeness (QED) is 0.385. The molecule has 1 aromatic heterocycles. The van der Waals surface area contributed by atoms with Crippen LogP contribution in [0, 0.1) is 13.8 Å². The Bertz CT molecular complexity index is 797. The Labute approximate surface area is 165 Å². The molecular formula is C19H27ClN6O. The number of benzene rings is 1. The Morgan fingerprint density at radius 2 is 1.93 bits per heavy atom. The van der Waals surface area contributed by atoms with Crippen LogP contribution in [-0.4, -0.2) is 35.2 Å². The second-order valence-corrected chi connectivity index (χ2v) is 6.72. The third-order valence-electron chi connectivity index (χ3n) is 4.32. The van der Waals surface area contributed by atoms with Gasteiger partial charge in [-0.1, -0.05) is 11.6 Å². The molecule has 8 heteroatoms. The molecule has 0 aliphatic carbocycles. The fraction of sp³-hybridized carbons (Fsp3) is 0.421. The first-order valence-corrected chi connectivity index (χ1v) is 9.27. The van der Waals surface area contributed by atoms with Gasteiger partial charge in [0.1, 0.15) is 0 Å². The van der Waals surface area contributed by atoms with Crippen molar-refractivity contribution in [2.45, 2.75) is 33.2 Å². The molecule has 0 aliphatic heterocycles. The average Bonchev–Trinajstić information content (AvgIpc) is 2.88. The van der Waals surface area contributed by atoms with Gasteiger partial charge in [-0.15, -0.1) is 0 Å². The Balaban J connectivity index is 1.70. The molecule has 0 spiro atoms. The molecule has 0 aliphatic rings. The number of anilines is 1. The first-order chi connectivity index (χ1) is 12.9. The number of carbonyl (C=O) groups excluding carboxylic acids is 1. The third-order valence-corrected chi connectivity index (χ3v) is 4.57. The van der Waals surface area contributed by atoms with Crippen LogP contribution in [0.5, 0.6) is 0 Å². The lowest BCUT2D eigenvalue weighted by Gasteiger charge is -2.12. The summed E-state index contributed by atoms with van der Waals surface area (Å²) in [7, 11) is 3.67. The molecule has 0 saturated heterocycles. The molecule has 1 heterocycles. The fourth-order valence-electron chi connectivity index (χ4n) is 2.68. The minimum Gasteiger partial charge on any atom is -0.356 e. The van der Waals surface area contributed by atoms with Gasteiger partial charge in [-0.3, -0.25) is 14.5 Å². The molecule has 2 aromatic rings. The number of carbonyl (C=O) groups is 1. The van der Waals surface area contributed by atoms with Crippen LogP contribution < -0.4 is 16.0 Å². The van der Waals surface area contributed by atoms with E-state index in [0.717, 1.165) is 17.1 Å². The van der Waals surface area contributed by atoms with Gasteiger partial charge < -0.3 is 16.0 Å². The molecule has 27 heavy (non-hydrogen) atoms. The molecule has 1 aromatic carbocycles. The highest BCUT2D eigenvalue weighted by Gasteiger charge is 2.09. The van der Waals surface area contributed by atoms with Gasteiger partial charge in [-0.05, 0) is 44.5 Å². The maximum atomic E-state index is 12.0. The number of aromatic nitrogens is 2. The van der Waals surface area contributed by atoms with E-state index in [9.17, 15) is 4.79 Å². The zero-order chi connectivity index (χ0) is 19.8. The lowest BCUT2D eigenvalue weighted by Crippen LogP contribution is -2.37. The van der Waals surface area contributed by atoms with Crippen LogP contribution in [0.1, 0.15) is 29.8 Å². The van der Waals surface area contributed by atoms with E-state index in [1.165, 1.54) is 5.56 Å². The van der Waals surface area contributed by atoms with Crippen LogP contribution in [0.2, 0.25) is 5.02 Å². The highest BCUT2D eigenvalue weighted by atomic mass is 35.5. The Morgan fingerprint density at radius 1 is 1.22 bits per heavy atom. The molecule has 0 unspecified atom stereocenters. The van der Waals surface area contributed by atoms with Crippen molar-refractivity contribution in [3.8, 4) is 0 Å². The van der Waals surface area contributed by atoms with Gasteiger partial charge in [-0.25, -0.2) is 0 Å². The van der Waals surface area contributed by atoms with Crippen molar-refractivity contribution in [1.29, 1.82) is 0 Å². The van der Waals surface area contributed by atoms with Crippen molar-refractivity contribution in [1.82, 2.24) is 20.4 Å². The molecule has 0 saturated carbocycles. The summed E-state index contributed by atoms with van der Waals surface area (Å²) in [5, 5.41) is 14.4. The Morgan fingerprint density at radius 3 is 2.52 bits per heavy atom. The van der Waals surface area contributed by atoms with Crippen molar-refractivity contribution >= 4 is 29.2 Å². The SMILES string of the molecule is CN=C(NCCCC(=O)Nc1ccc(Cl)cc1)NCc1c(C)nn(C)c1C. The van der Waals surface area contributed by atoms with Crippen molar-refractivity contribution < 1.29 is 4.79 Å². The van der Waals surface area contributed by atoms with Crippen LogP contribution in [0.15, 0.2) is 29.3 Å². The van der Waals surface area contributed by atoms with Gasteiger partial charge in [-0.2, -0.15) is 5.10 Å². The number of amides is 1. The smallest absolute Gasteiger partial charge is 0.224 e. The maximum absolute atomic E-state index is 12.0. The summed E-state index contributed by atoms with van der Waals surface area (Å²) < 4.78 is 1.88. The van der Waals surface area contributed by atoms with Crippen molar-refractivity contribution in [2.75, 3.05) is 18.9 Å². The summed E-state index contributed by atoms with van der Waals surface area (Å²) in [6.07, 6.45) is 1.12. The number of guanidine groups is 1. The number of aliphatic imine (C=N–C) groups is 1. The first kappa shape index (κ1) is 20.8. The molecule has 2 rings (SSSR count). The maximum Gasteiger partial charge on any atom is 0.224 e. The minimum absolute atomic E-state index is 0.0244. The normalized spacial score (nSPS) is 11.4. The lowest BCUT2D eigenvalue weighted by molar-refractivity contribution is -0.116. The highest BCUT2D eigenvalue weighted by molar-refractivity contribution is 6.30. The summed E-state index contributed by atoms with van der Waals surface area (Å²) in [6, 6.07) is 7.07. The summed E-state index contributed by atoms with van der Waals surface area (Å²) >= 11 is 5.83. The van der Waals surface area contributed by atoms with Crippen molar-refractivity contribution in [2.24, 2.45) is 12.0 Å². The molecular weight excluding hydrogens is 364 g/mol. The van der Waals surface area contributed by atoms with Gasteiger partial charge in [0.2, 0.25) is 5.91 Å². The third kappa shape index (κ3) is 6.29. The molecule has 3 N–H and O–H groups in total. The van der Waals surface area contributed by atoms with Gasteiger partial charge in [0, 0.05) is 55.6 Å². The number of nitrogens with zero attached hydrogens (tertiary/aromatic N) is 3. The second kappa shape index (κ2) is 9.97. The molecule has 0 bridgehead atoms. The summed E-state index contributed by atoms with van der Waals surface area (Å²) in [4.78, 5) is 16.2. The standard InChI is InChI=1S/C19H27ClN6O/c1-13-17(14(2)26(4)25-13)12-23-19(21-3)22-11-5-6-18(27)24-16-9-7-15(20)8-10-16/h7-10H,5-6,11-12H2,1-4H3,(H,24,27)(H2,21,22,23). The summed E-state index contributed by atoms with van der Waals surface area (Å²) in [5.41, 5.74) is 4.06. The van der Waals surface area contributed by atoms with Crippen LogP contribution >= 0.6 is 11.6 Å². The number of aryl methyl sites for hydroxylation is 2. The predicted octanol–water partition coefficient (Wildman–Crippen LogP) is 2.77. The zero-order valence-electron chi connectivity index (χ0n) is 16.3. The van der Waals surface area contributed by atoms with E-state index < -0.39 is 0 Å². The molecule has 1 amide bonds. The number of nitrogens with one attached hydrogen (secondary N) is 3. The van der Waals surface area contributed by atoms with Crippen LogP contribution in [-0.2, 0) is 18.4 Å². The second-order valence-electron chi connectivity index (χ2n) is 6.28. The average molecular weight is 391 g/mol. The van der Waals surface area contributed by atoms with E-state index in [4.69, 9.17) is 11.6 Å². The highest BCUT2D eigenvalue weighted by Crippen LogP contribution is 2.13. The fourth-order valence-corrected chi connectivity index (χ4v) is 2.80. The van der Waals surface area contributed by atoms with Gasteiger partial charge in [0.15, 0.2) is 5.96 Å². The number of rotatable bonds is 7. The van der Waals surface area contributed by atoms with E-state index in [-0.39, 0.29) is 5.91 Å². The van der Waals surface area contributed by atoms with Gasteiger partial charge >= 0.3 is 0 Å². The van der Waals surface area contributed by atoms with Crippen LogP contribution in [0.25, 0.3) is 0 Å². The minimum atomic E-state index is -0.0244. The van der Waals surface area contributed by atoms with E-state index in [2.05, 4.69) is 26.0 Å². The summed E-state index contributed by atoms with van der Waals surface area (Å²) in [5.74, 6) is 0.680. The number of hydrogen-bond donors (Lipinski definition) is 3. The molecule has 146 valence electrons. The lowest BCUT2D eigenvalue weighted by atomic mass is 10.2. The van der Waals surface area contributed by atoms with E-state index in [0.29, 0.717) is 36.9 Å². The number of halogens is 1. The van der Waals surface area contributed by atoms with Crippen molar-refractivity contribution in [3.05, 3.63) is 46.2 Å². The topological polar surface area (TPSA) is 83.3 Å². The van der Waals surface area contributed by atoms with E-state index in [1.807, 2.05) is 25.6 Å². The van der Waals surface area contributed by atoms with E-state index in [1.54, 1.807) is 31.3 Å².